The molecule has 4 aromatic carbocycles. The van der Waals surface area contributed by atoms with Crippen LogP contribution in [-0.4, -0.2) is 21.5 Å². The number of aromatic nitrogens is 2. The summed E-state index contributed by atoms with van der Waals surface area (Å²) in [7, 11) is 0. The Morgan fingerprint density at radius 3 is 2.03 bits per heavy atom. The van der Waals surface area contributed by atoms with E-state index >= 15 is 0 Å². The summed E-state index contributed by atoms with van der Waals surface area (Å²) >= 11 is 1.47. The van der Waals surface area contributed by atoms with Crippen molar-refractivity contribution in [2.45, 2.75) is 0 Å². The Morgan fingerprint density at radius 1 is 0.684 bits per heavy atom. The van der Waals surface area contributed by atoms with Crippen LogP contribution >= 0.6 is 11.3 Å². The van der Waals surface area contributed by atoms with E-state index in [0.29, 0.717) is 17.1 Å². The van der Waals surface area contributed by atoms with Gasteiger partial charge in [0, 0.05) is 33.3 Å². The van der Waals surface area contributed by atoms with Gasteiger partial charge in [-0.1, -0.05) is 60.7 Å². The summed E-state index contributed by atoms with van der Waals surface area (Å²) < 4.78 is 0. The highest BCUT2D eigenvalue weighted by Crippen LogP contribution is 2.39. The minimum Gasteiger partial charge on any atom is -0.288 e. The van der Waals surface area contributed by atoms with Crippen LogP contribution in [0.5, 0.6) is 0 Å². The van der Waals surface area contributed by atoms with E-state index in [1.54, 1.807) is 6.08 Å². The van der Waals surface area contributed by atoms with Crippen LogP contribution in [0.3, 0.4) is 0 Å². The number of benzene rings is 4. The molecule has 180 valence electrons. The summed E-state index contributed by atoms with van der Waals surface area (Å²) in [4.78, 5) is 38.7. The normalized spacial score (nSPS) is 12.8. The summed E-state index contributed by atoms with van der Waals surface area (Å²) in [6.45, 7) is 0. The second kappa shape index (κ2) is 8.87. The molecule has 6 aromatic rings. The molecule has 0 atom stereocenters. The van der Waals surface area contributed by atoms with Gasteiger partial charge in [0.25, 0.3) is 0 Å². The number of anilines is 3. The molecular formula is C32H19N3O2S. The molecular weight excluding hydrogens is 490 g/mol. The van der Waals surface area contributed by atoms with Gasteiger partial charge in [-0.2, -0.15) is 0 Å². The fourth-order valence-corrected chi connectivity index (χ4v) is 5.78. The lowest BCUT2D eigenvalue weighted by Gasteiger charge is -2.21. The minimum absolute atomic E-state index is 0.192. The average molecular weight is 510 g/mol. The molecule has 0 bridgehead atoms. The predicted octanol–water partition coefficient (Wildman–Crippen LogP) is 7.78. The quantitative estimate of drug-likeness (QED) is 0.179. The van der Waals surface area contributed by atoms with Crippen molar-refractivity contribution in [3.8, 4) is 0 Å². The molecule has 0 fully saturated rings. The van der Waals surface area contributed by atoms with Crippen molar-refractivity contribution in [2.75, 3.05) is 4.90 Å². The number of allylic oxidation sites excluding steroid dienone is 1. The Morgan fingerprint density at radius 2 is 1.32 bits per heavy atom. The Hall–Kier alpha value is -4.94. The first-order valence-corrected chi connectivity index (χ1v) is 13.0. The Bertz CT molecular complexity index is 1870. The smallest absolute Gasteiger partial charge is 0.235 e. The number of para-hydroxylation sites is 2. The average Bonchev–Trinajstić information content (AvgIpc) is 3.51. The molecule has 7 rings (SSSR count). The SMILES string of the molecule is O=C1C(=Cc2ccc(N(c3ccccc3)c3ncc4ccccc4n3)s2)C(=O)c2cc3ccccc3cc21. The first-order chi connectivity index (χ1) is 18.7. The third-order valence-electron chi connectivity index (χ3n) is 6.67. The van der Waals surface area contributed by atoms with E-state index < -0.39 is 0 Å². The van der Waals surface area contributed by atoms with Gasteiger partial charge in [-0.05, 0) is 59.3 Å². The molecule has 0 radical (unpaired) electrons. The minimum atomic E-state index is -0.233. The Balaban J connectivity index is 1.29. The molecule has 1 aliphatic rings. The van der Waals surface area contributed by atoms with E-state index in [1.165, 1.54) is 11.3 Å². The van der Waals surface area contributed by atoms with E-state index in [9.17, 15) is 9.59 Å². The molecule has 38 heavy (non-hydrogen) atoms. The zero-order valence-corrected chi connectivity index (χ0v) is 20.9. The predicted molar refractivity (Wildman–Crippen MR) is 153 cm³/mol. The molecule has 0 saturated heterocycles. The number of carbonyl (C=O) groups is 2. The van der Waals surface area contributed by atoms with Crippen LogP contribution in [0.4, 0.5) is 16.6 Å². The summed E-state index contributed by atoms with van der Waals surface area (Å²) in [5.41, 5.74) is 2.89. The van der Waals surface area contributed by atoms with Crippen LogP contribution < -0.4 is 4.90 Å². The van der Waals surface area contributed by atoms with Crippen molar-refractivity contribution in [1.29, 1.82) is 0 Å². The number of hydrogen-bond acceptors (Lipinski definition) is 6. The van der Waals surface area contributed by atoms with E-state index in [4.69, 9.17) is 4.98 Å². The molecule has 6 heteroatoms. The summed E-state index contributed by atoms with van der Waals surface area (Å²) in [6, 6.07) is 33.1. The first-order valence-electron chi connectivity index (χ1n) is 12.2. The van der Waals surface area contributed by atoms with Crippen molar-refractivity contribution in [2.24, 2.45) is 0 Å². The van der Waals surface area contributed by atoms with Crippen LogP contribution in [0.25, 0.3) is 27.8 Å². The third kappa shape index (κ3) is 3.70. The maximum atomic E-state index is 13.2. The van der Waals surface area contributed by atoms with Crippen molar-refractivity contribution in [1.82, 2.24) is 9.97 Å². The maximum absolute atomic E-state index is 13.2. The van der Waals surface area contributed by atoms with Crippen LogP contribution in [0.2, 0.25) is 0 Å². The monoisotopic (exact) mass is 509 g/mol. The van der Waals surface area contributed by atoms with Crippen LogP contribution in [0.1, 0.15) is 25.6 Å². The summed E-state index contributed by atoms with van der Waals surface area (Å²) in [5.74, 6) is 0.0787. The number of nitrogens with zero attached hydrogens (tertiary/aromatic N) is 3. The lowest BCUT2D eigenvalue weighted by molar-refractivity contribution is 0.0990. The fraction of sp³-hybridized carbons (Fsp3) is 0. The first kappa shape index (κ1) is 22.3. The Kier molecular flexibility index (Phi) is 5.20. The van der Waals surface area contributed by atoms with Crippen molar-refractivity contribution < 1.29 is 9.59 Å². The Labute approximate surface area is 222 Å². The number of hydrogen-bond donors (Lipinski definition) is 0. The van der Waals surface area contributed by atoms with Crippen molar-refractivity contribution >= 4 is 67.3 Å². The molecule has 2 aromatic heterocycles. The lowest BCUT2D eigenvalue weighted by atomic mass is 10.0. The van der Waals surface area contributed by atoms with Crippen molar-refractivity contribution in [3.05, 3.63) is 131 Å². The number of thiophene rings is 1. The van der Waals surface area contributed by atoms with Gasteiger partial charge in [0.1, 0.15) is 5.00 Å². The molecule has 0 spiro atoms. The molecule has 0 unspecified atom stereocenters. The molecule has 5 nitrogen and oxygen atoms in total. The van der Waals surface area contributed by atoms with E-state index in [2.05, 4.69) is 4.98 Å². The van der Waals surface area contributed by atoms with Gasteiger partial charge in [-0.15, -0.1) is 11.3 Å². The summed E-state index contributed by atoms with van der Waals surface area (Å²) in [5, 5.41) is 3.73. The number of rotatable bonds is 4. The zero-order valence-electron chi connectivity index (χ0n) is 20.0. The van der Waals surface area contributed by atoms with Gasteiger partial charge >= 0.3 is 0 Å². The number of Topliss-reactive ketones (excluding diaryl/α,β-unsaturated/α-hetero) is 2. The molecule has 0 saturated carbocycles. The molecule has 0 aliphatic heterocycles. The van der Waals surface area contributed by atoms with Gasteiger partial charge in [-0.3, -0.25) is 14.5 Å². The summed E-state index contributed by atoms with van der Waals surface area (Å²) in [6.07, 6.45) is 3.52. The van der Waals surface area contributed by atoms with Gasteiger partial charge < -0.3 is 0 Å². The fourth-order valence-electron chi connectivity index (χ4n) is 4.81. The molecule has 0 amide bonds. The van der Waals surface area contributed by atoms with Crippen LogP contribution in [-0.2, 0) is 0 Å². The van der Waals surface area contributed by atoms with E-state index in [-0.39, 0.29) is 17.1 Å². The topological polar surface area (TPSA) is 63.2 Å². The standard InChI is InChI=1S/C32H19N3O2S/c36-30-25-16-20-8-4-5-9-21(20)17-26(25)31(37)27(30)18-24-14-15-29(38-24)35(23-11-2-1-3-12-23)32-33-19-22-10-6-7-13-28(22)34-32/h1-19H. The zero-order chi connectivity index (χ0) is 25.6. The van der Waals surface area contributed by atoms with E-state index in [0.717, 1.165) is 37.2 Å². The van der Waals surface area contributed by atoms with Gasteiger partial charge in [0.15, 0.2) is 11.6 Å². The molecule has 2 heterocycles. The second-order valence-electron chi connectivity index (χ2n) is 9.04. The number of ketones is 2. The molecule has 0 N–H and O–H groups in total. The number of fused-ring (bicyclic) bond motifs is 3. The third-order valence-corrected chi connectivity index (χ3v) is 7.69. The highest BCUT2D eigenvalue weighted by atomic mass is 32.1. The van der Waals surface area contributed by atoms with Crippen LogP contribution in [0, 0.1) is 0 Å². The van der Waals surface area contributed by atoms with Crippen LogP contribution in [0.15, 0.2) is 115 Å². The van der Waals surface area contributed by atoms with Gasteiger partial charge in [0.05, 0.1) is 11.1 Å². The largest absolute Gasteiger partial charge is 0.288 e. The van der Waals surface area contributed by atoms with Gasteiger partial charge in [-0.25, -0.2) is 9.97 Å². The van der Waals surface area contributed by atoms with E-state index in [1.807, 2.05) is 114 Å². The second-order valence-corrected chi connectivity index (χ2v) is 10.1. The number of carbonyl (C=O) groups excluding carboxylic acids is 2. The lowest BCUT2D eigenvalue weighted by Crippen LogP contribution is -2.11. The van der Waals surface area contributed by atoms with Gasteiger partial charge in [0.2, 0.25) is 5.95 Å². The highest BCUT2D eigenvalue weighted by Gasteiger charge is 2.33. The molecule has 1 aliphatic carbocycles. The maximum Gasteiger partial charge on any atom is 0.235 e. The highest BCUT2D eigenvalue weighted by molar-refractivity contribution is 7.17. The van der Waals surface area contributed by atoms with Crippen molar-refractivity contribution in [3.63, 3.8) is 0 Å².